The summed E-state index contributed by atoms with van der Waals surface area (Å²) in [4.78, 5) is 37.3. The van der Waals surface area contributed by atoms with Crippen molar-refractivity contribution in [2.24, 2.45) is 0 Å². The Labute approximate surface area is 196 Å². The maximum absolute atomic E-state index is 12.3. The van der Waals surface area contributed by atoms with Crippen molar-refractivity contribution in [3.05, 3.63) is 57.3 Å². The minimum Gasteiger partial charge on any atom is -0.462 e. The Balaban J connectivity index is 1.89. The van der Waals surface area contributed by atoms with Gasteiger partial charge in [-0.05, 0) is 37.5 Å². The van der Waals surface area contributed by atoms with Gasteiger partial charge in [0.25, 0.3) is 5.91 Å². The zero-order chi connectivity index (χ0) is 24.4. The van der Waals surface area contributed by atoms with Crippen LogP contribution in [0.3, 0.4) is 0 Å². The number of ether oxygens (including phenoxy) is 2. The lowest BCUT2D eigenvalue weighted by molar-refractivity contribution is -0.146. The van der Waals surface area contributed by atoms with Crippen molar-refractivity contribution >= 4 is 50.3 Å². The van der Waals surface area contributed by atoms with E-state index in [0.717, 1.165) is 15.8 Å². The molecular weight excluding hydrogens is 468 g/mol. The van der Waals surface area contributed by atoms with Crippen molar-refractivity contribution in [3.63, 3.8) is 0 Å². The van der Waals surface area contributed by atoms with E-state index in [0.29, 0.717) is 17.0 Å². The van der Waals surface area contributed by atoms with Crippen molar-refractivity contribution in [2.45, 2.75) is 27.2 Å². The first-order chi connectivity index (χ1) is 15.7. The Kier molecular flexibility index (Phi) is 9.76. The summed E-state index contributed by atoms with van der Waals surface area (Å²) in [6, 6.07) is 8.78. The summed E-state index contributed by atoms with van der Waals surface area (Å²) < 4.78 is 35.9. The van der Waals surface area contributed by atoms with E-state index in [4.69, 9.17) is 9.47 Å². The molecule has 0 aliphatic rings. The SMILES string of the molecule is CCOC(=O)c1c(NC(=O)COC(=O)CNS(=O)(=O)/C=C/c2ccccc2)sc(CC)c1C. The summed E-state index contributed by atoms with van der Waals surface area (Å²) in [5.41, 5.74) is 1.68. The predicted octanol–water partition coefficient (Wildman–Crippen LogP) is 2.87. The van der Waals surface area contributed by atoms with Crippen LogP contribution in [0.15, 0.2) is 35.7 Å². The average Bonchev–Trinajstić information content (AvgIpc) is 3.10. The van der Waals surface area contributed by atoms with Crippen molar-refractivity contribution in [2.75, 3.05) is 25.1 Å². The van der Waals surface area contributed by atoms with E-state index in [2.05, 4.69) is 10.0 Å². The highest BCUT2D eigenvalue weighted by atomic mass is 32.2. The zero-order valence-corrected chi connectivity index (χ0v) is 20.2. The molecule has 11 heteroatoms. The first kappa shape index (κ1) is 26.2. The van der Waals surface area contributed by atoms with Crippen LogP contribution in [-0.4, -0.2) is 46.0 Å². The molecule has 0 saturated heterocycles. The van der Waals surface area contributed by atoms with Crippen LogP contribution >= 0.6 is 11.3 Å². The smallest absolute Gasteiger partial charge is 0.341 e. The fourth-order valence-corrected chi connectivity index (χ4v) is 4.64. The molecule has 1 aromatic heterocycles. The molecule has 0 radical (unpaired) electrons. The van der Waals surface area contributed by atoms with Crippen LogP contribution in [0.4, 0.5) is 5.00 Å². The van der Waals surface area contributed by atoms with Crippen LogP contribution in [0, 0.1) is 6.92 Å². The number of sulfonamides is 1. The van der Waals surface area contributed by atoms with Crippen LogP contribution < -0.4 is 10.0 Å². The standard InChI is InChI=1S/C22H26N2O7S2/c1-4-17-15(3)20(22(27)30-5-2)21(32-17)24-18(25)14-31-19(26)13-23-33(28,29)12-11-16-9-7-6-8-10-16/h6-12,23H,4-5,13-14H2,1-3H3,(H,24,25)/b12-11+. The Hall–Kier alpha value is -3.02. The molecule has 1 aromatic carbocycles. The Morgan fingerprint density at radius 1 is 1.09 bits per heavy atom. The first-order valence-electron chi connectivity index (χ1n) is 10.1. The van der Waals surface area contributed by atoms with Crippen molar-refractivity contribution in [1.29, 1.82) is 0 Å². The molecule has 2 N–H and O–H groups in total. The number of carbonyl (C=O) groups excluding carboxylic acids is 3. The molecule has 9 nitrogen and oxygen atoms in total. The summed E-state index contributed by atoms with van der Waals surface area (Å²) in [7, 11) is -3.87. The van der Waals surface area contributed by atoms with Crippen LogP contribution in [0.2, 0.25) is 0 Å². The Bertz CT molecular complexity index is 1120. The molecule has 0 aliphatic carbocycles. The van der Waals surface area contributed by atoms with E-state index in [9.17, 15) is 22.8 Å². The second-order valence-electron chi connectivity index (χ2n) is 6.72. The van der Waals surface area contributed by atoms with Crippen LogP contribution in [0.25, 0.3) is 6.08 Å². The molecule has 0 atom stereocenters. The van der Waals surface area contributed by atoms with Gasteiger partial charge in [0.15, 0.2) is 6.61 Å². The van der Waals surface area contributed by atoms with Gasteiger partial charge in [0.1, 0.15) is 11.5 Å². The molecule has 1 amide bonds. The Morgan fingerprint density at radius 3 is 2.42 bits per heavy atom. The number of aryl methyl sites for hydroxylation is 1. The van der Waals surface area contributed by atoms with E-state index in [1.54, 1.807) is 44.2 Å². The topological polar surface area (TPSA) is 128 Å². The molecule has 0 fully saturated rings. The number of amides is 1. The molecule has 1 heterocycles. The lowest BCUT2D eigenvalue weighted by Gasteiger charge is -2.08. The third-order valence-electron chi connectivity index (χ3n) is 4.32. The van der Waals surface area contributed by atoms with E-state index in [1.165, 1.54) is 17.4 Å². The number of carbonyl (C=O) groups is 3. The maximum atomic E-state index is 12.3. The van der Waals surface area contributed by atoms with E-state index < -0.39 is 41.0 Å². The number of anilines is 1. The molecular formula is C22H26N2O7S2. The number of rotatable bonds is 11. The third-order valence-corrected chi connectivity index (χ3v) is 6.71. The zero-order valence-electron chi connectivity index (χ0n) is 18.5. The van der Waals surface area contributed by atoms with Gasteiger partial charge in [0.2, 0.25) is 10.0 Å². The number of hydrogen-bond donors (Lipinski definition) is 2. The molecule has 0 saturated carbocycles. The second-order valence-corrected chi connectivity index (χ2v) is 9.47. The monoisotopic (exact) mass is 494 g/mol. The number of nitrogens with one attached hydrogen (secondary N) is 2. The van der Waals surface area contributed by atoms with E-state index >= 15 is 0 Å². The van der Waals surface area contributed by atoms with Gasteiger partial charge in [-0.1, -0.05) is 37.3 Å². The van der Waals surface area contributed by atoms with E-state index in [-0.39, 0.29) is 12.2 Å². The van der Waals surface area contributed by atoms with Gasteiger partial charge < -0.3 is 14.8 Å². The largest absolute Gasteiger partial charge is 0.462 e. The van der Waals surface area contributed by atoms with Gasteiger partial charge >= 0.3 is 11.9 Å². The van der Waals surface area contributed by atoms with E-state index in [1.807, 2.05) is 6.92 Å². The number of hydrogen-bond acceptors (Lipinski definition) is 8. The fourth-order valence-electron chi connectivity index (χ4n) is 2.73. The lowest BCUT2D eigenvalue weighted by Crippen LogP contribution is -2.31. The van der Waals surface area contributed by atoms with Crippen molar-refractivity contribution in [1.82, 2.24) is 4.72 Å². The highest BCUT2D eigenvalue weighted by molar-refractivity contribution is 7.92. The molecule has 2 rings (SSSR count). The van der Waals surface area contributed by atoms with Gasteiger partial charge in [-0.2, -0.15) is 0 Å². The lowest BCUT2D eigenvalue weighted by atomic mass is 10.1. The summed E-state index contributed by atoms with van der Waals surface area (Å²) in [6.07, 6.45) is 2.06. The quantitative estimate of drug-likeness (QED) is 0.460. The van der Waals surface area contributed by atoms with Crippen LogP contribution in [-0.2, 0) is 35.5 Å². The highest BCUT2D eigenvalue weighted by Crippen LogP contribution is 2.34. The molecule has 0 spiro atoms. The normalized spacial score (nSPS) is 11.4. The molecule has 2 aromatic rings. The molecule has 0 bridgehead atoms. The maximum Gasteiger partial charge on any atom is 0.341 e. The number of benzene rings is 1. The van der Waals surface area contributed by atoms with Crippen LogP contribution in [0.1, 0.15) is 40.2 Å². The summed E-state index contributed by atoms with van der Waals surface area (Å²) in [5, 5.41) is 3.81. The van der Waals surface area contributed by atoms with Crippen molar-refractivity contribution < 1.29 is 32.3 Å². The van der Waals surface area contributed by atoms with Crippen molar-refractivity contribution in [3.8, 4) is 0 Å². The van der Waals surface area contributed by atoms with Gasteiger partial charge in [-0.25, -0.2) is 17.9 Å². The molecule has 0 unspecified atom stereocenters. The van der Waals surface area contributed by atoms with Gasteiger partial charge in [0, 0.05) is 10.3 Å². The fraction of sp³-hybridized carbons (Fsp3) is 0.318. The minimum absolute atomic E-state index is 0.191. The summed E-state index contributed by atoms with van der Waals surface area (Å²) in [5.74, 6) is -2.13. The van der Waals surface area contributed by atoms with Gasteiger partial charge in [0.05, 0.1) is 12.2 Å². The number of esters is 2. The highest BCUT2D eigenvalue weighted by Gasteiger charge is 2.23. The molecule has 0 aliphatic heterocycles. The summed E-state index contributed by atoms with van der Waals surface area (Å²) in [6.45, 7) is 4.30. The molecule has 178 valence electrons. The Morgan fingerprint density at radius 2 is 1.79 bits per heavy atom. The number of thiophene rings is 1. The predicted molar refractivity (Wildman–Crippen MR) is 126 cm³/mol. The summed E-state index contributed by atoms with van der Waals surface area (Å²) >= 11 is 1.25. The average molecular weight is 495 g/mol. The first-order valence-corrected chi connectivity index (χ1v) is 12.5. The van der Waals surface area contributed by atoms with Gasteiger partial charge in [-0.3, -0.25) is 9.59 Å². The third kappa shape index (κ3) is 8.12. The molecule has 33 heavy (non-hydrogen) atoms. The van der Waals surface area contributed by atoms with Gasteiger partial charge in [-0.15, -0.1) is 11.3 Å². The minimum atomic E-state index is -3.87. The second kappa shape index (κ2) is 12.3. The van der Waals surface area contributed by atoms with Crippen LogP contribution in [0.5, 0.6) is 0 Å².